The van der Waals surface area contributed by atoms with Gasteiger partial charge >= 0.3 is 0 Å². The molecule has 0 radical (unpaired) electrons. The van der Waals surface area contributed by atoms with Crippen molar-refractivity contribution in [1.82, 2.24) is 9.21 Å². The van der Waals surface area contributed by atoms with E-state index in [4.69, 9.17) is 4.42 Å². The molecule has 0 saturated carbocycles. The molecule has 0 spiro atoms. The zero-order chi connectivity index (χ0) is 24.3. The van der Waals surface area contributed by atoms with Gasteiger partial charge in [-0.3, -0.25) is 9.59 Å². The third-order valence-electron chi connectivity index (χ3n) is 5.96. The third kappa shape index (κ3) is 4.76. The number of anilines is 1. The van der Waals surface area contributed by atoms with Gasteiger partial charge in [0.25, 0.3) is 11.8 Å². The molecule has 4 rings (SSSR count). The number of hydrogen-bond donors (Lipinski definition) is 1. The molecule has 8 nitrogen and oxygen atoms in total. The number of benzene rings is 2. The first-order valence-electron chi connectivity index (χ1n) is 11.2. The first-order chi connectivity index (χ1) is 16.3. The number of carbonyl (C=O) groups excluding carboxylic acids is 2. The standard InChI is InChI=1S/C25H27N3O5S/c1-3-28(4-2)34(31,32)22-11-8-19(9-12-22)24(29)26-21-10-7-18-13-14-27(17-20(18)16-21)25(30)23-6-5-15-33-23/h5-12,15-16H,3-4,13-14,17H2,1-2H3,(H,26,29). The molecule has 2 aromatic carbocycles. The minimum Gasteiger partial charge on any atom is -0.459 e. The Labute approximate surface area is 199 Å². The number of nitrogens with one attached hydrogen (secondary N) is 1. The highest BCUT2D eigenvalue weighted by Gasteiger charge is 2.24. The van der Waals surface area contributed by atoms with E-state index in [0.29, 0.717) is 43.2 Å². The van der Waals surface area contributed by atoms with Crippen LogP contribution in [0.15, 0.2) is 70.2 Å². The smallest absolute Gasteiger partial charge is 0.289 e. The van der Waals surface area contributed by atoms with E-state index >= 15 is 0 Å². The van der Waals surface area contributed by atoms with Crippen molar-refractivity contribution in [3.8, 4) is 0 Å². The van der Waals surface area contributed by atoms with Gasteiger partial charge in [-0.2, -0.15) is 4.31 Å². The Hall–Kier alpha value is -3.43. The van der Waals surface area contributed by atoms with Gasteiger partial charge in [-0.15, -0.1) is 0 Å². The van der Waals surface area contributed by atoms with E-state index < -0.39 is 10.0 Å². The Morgan fingerprint density at radius 2 is 1.76 bits per heavy atom. The Kier molecular flexibility index (Phi) is 6.85. The number of furan rings is 1. The van der Waals surface area contributed by atoms with Crippen LogP contribution in [-0.4, -0.2) is 49.1 Å². The summed E-state index contributed by atoms with van der Waals surface area (Å²) >= 11 is 0. The lowest BCUT2D eigenvalue weighted by Gasteiger charge is -2.28. The summed E-state index contributed by atoms with van der Waals surface area (Å²) in [5, 5.41) is 2.86. The molecule has 2 heterocycles. The summed E-state index contributed by atoms with van der Waals surface area (Å²) in [5.74, 6) is -0.199. The highest BCUT2D eigenvalue weighted by molar-refractivity contribution is 7.89. The summed E-state index contributed by atoms with van der Waals surface area (Å²) in [4.78, 5) is 27.3. The first kappa shape index (κ1) is 23.7. The molecule has 34 heavy (non-hydrogen) atoms. The van der Waals surface area contributed by atoms with Crippen molar-refractivity contribution in [2.45, 2.75) is 31.7 Å². The number of fused-ring (bicyclic) bond motifs is 1. The maximum absolute atomic E-state index is 12.8. The van der Waals surface area contributed by atoms with Crippen LogP contribution in [0.25, 0.3) is 0 Å². The molecule has 1 N–H and O–H groups in total. The van der Waals surface area contributed by atoms with Crippen LogP contribution in [0.5, 0.6) is 0 Å². The summed E-state index contributed by atoms with van der Waals surface area (Å²) in [5.41, 5.74) is 3.05. The molecule has 2 amide bonds. The molecule has 1 aliphatic heterocycles. The van der Waals surface area contributed by atoms with Crippen LogP contribution in [0, 0.1) is 0 Å². The number of rotatable bonds is 7. The highest BCUT2D eigenvalue weighted by Crippen LogP contribution is 2.25. The fourth-order valence-electron chi connectivity index (χ4n) is 4.06. The molecule has 178 valence electrons. The van der Waals surface area contributed by atoms with E-state index in [1.54, 1.807) is 30.9 Å². The minimum atomic E-state index is -3.58. The second-order valence-corrected chi connectivity index (χ2v) is 9.94. The monoisotopic (exact) mass is 481 g/mol. The van der Waals surface area contributed by atoms with E-state index in [9.17, 15) is 18.0 Å². The Morgan fingerprint density at radius 3 is 2.41 bits per heavy atom. The summed E-state index contributed by atoms with van der Waals surface area (Å²) in [7, 11) is -3.58. The van der Waals surface area contributed by atoms with E-state index in [2.05, 4.69) is 5.32 Å². The SMILES string of the molecule is CCN(CC)S(=O)(=O)c1ccc(C(=O)Nc2ccc3c(c2)CN(C(=O)c2ccco2)CC3)cc1. The molecular formula is C25H27N3O5S. The molecule has 9 heteroatoms. The quantitative estimate of drug-likeness (QED) is 0.554. The van der Waals surface area contributed by atoms with Crippen LogP contribution in [0.2, 0.25) is 0 Å². The molecule has 0 atom stereocenters. The van der Waals surface area contributed by atoms with Gasteiger partial charge in [-0.05, 0) is 66.1 Å². The summed E-state index contributed by atoms with van der Waals surface area (Å²) in [6.45, 7) is 5.35. The Balaban J connectivity index is 1.46. The second kappa shape index (κ2) is 9.82. The van der Waals surface area contributed by atoms with E-state index in [0.717, 1.165) is 17.5 Å². The number of nitrogens with zero attached hydrogens (tertiary/aromatic N) is 2. The van der Waals surface area contributed by atoms with Gasteiger partial charge in [0.05, 0.1) is 11.2 Å². The number of amides is 2. The summed E-state index contributed by atoms with van der Waals surface area (Å²) in [6.07, 6.45) is 2.20. The van der Waals surface area contributed by atoms with Crippen molar-refractivity contribution < 1.29 is 22.4 Å². The van der Waals surface area contributed by atoms with Gasteiger partial charge in [0.15, 0.2) is 5.76 Å². The highest BCUT2D eigenvalue weighted by atomic mass is 32.2. The van der Waals surface area contributed by atoms with Gasteiger partial charge in [-0.25, -0.2) is 8.42 Å². The summed E-state index contributed by atoms with van der Waals surface area (Å²) in [6, 6.07) is 14.9. The average molecular weight is 482 g/mol. The normalized spacial score (nSPS) is 13.6. The minimum absolute atomic E-state index is 0.155. The Morgan fingerprint density at radius 1 is 1.03 bits per heavy atom. The maximum atomic E-state index is 12.8. The maximum Gasteiger partial charge on any atom is 0.289 e. The zero-order valence-electron chi connectivity index (χ0n) is 19.2. The molecule has 0 aliphatic carbocycles. The molecule has 0 fully saturated rings. The summed E-state index contributed by atoms with van der Waals surface area (Å²) < 4.78 is 31.9. The van der Waals surface area contributed by atoms with Gasteiger partial charge in [0, 0.05) is 37.4 Å². The van der Waals surface area contributed by atoms with Gasteiger partial charge in [-0.1, -0.05) is 19.9 Å². The lowest BCUT2D eigenvalue weighted by molar-refractivity contribution is 0.0702. The molecule has 3 aromatic rings. The van der Waals surface area contributed by atoms with Crippen LogP contribution in [0.1, 0.15) is 45.9 Å². The van der Waals surface area contributed by atoms with E-state index in [1.807, 2.05) is 18.2 Å². The second-order valence-electron chi connectivity index (χ2n) is 8.01. The van der Waals surface area contributed by atoms with Gasteiger partial charge in [0.2, 0.25) is 10.0 Å². The molecule has 0 unspecified atom stereocenters. The number of carbonyl (C=O) groups is 2. The van der Waals surface area contributed by atoms with Gasteiger partial charge in [0.1, 0.15) is 0 Å². The number of sulfonamides is 1. The fraction of sp³-hybridized carbons (Fsp3) is 0.280. The lowest BCUT2D eigenvalue weighted by atomic mass is 9.98. The van der Waals surface area contributed by atoms with Crippen LogP contribution < -0.4 is 5.32 Å². The fourth-order valence-corrected chi connectivity index (χ4v) is 5.52. The van der Waals surface area contributed by atoms with Crippen molar-refractivity contribution in [3.63, 3.8) is 0 Å². The zero-order valence-corrected chi connectivity index (χ0v) is 20.0. The first-order valence-corrected chi connectivity index (χ1v) is 12.6. The van der Waals surface area contributed by atoms with Crippen molar-refractivity contribution in [3.05, 3.63) is 83.3 Å². The van der Waals surface area contributed by atoms with Crippen molar-refractivity contribution in [1.29, 1.82) is 0 Å². The predicted molar refractivity (Wildman–Crippen MR) is 128 cm³/mol. The molecule has 1 aromatic heterocycles. The van der Waals surface area contributed by atoms with Crippen molar-refractivity contribution in [2.24, 2.45) is 0 Å². The van der Waals surface area contributed by atoms with Crippen molar-refractivity contribution >= 4 is 27.5 Å². The van der Waals surface area contributed by atoms with Crippen LogP contribution in [-0.2, 0) is 23.0 Å². The molecule has 0 bridgehead atoms. The van der Waals surface area contributed by atoms with Crippen LogP contribution in [0.4, 0.5) is 5.69 Å². The predicted octanol–water partition coefficient (Wildman–Crippen LogP) is 3.76. The molecule has 1 aliphatic rings. The largest absolute Gasteiger partial charge is 0.459 e. The topological polar surface area (TPSA) is 99.9 Å². The van der Waals surface area contributed by atoms with Gasteiger partial charge < -0.3 is 14.6 Å². The number of hydrogen-bond acceptors (Lipinski definition) is 5. The van der Waals surface area contributed by atoms with Crippen LogP contribution >= 0.6 is 0 Å². The third-order valence-corrected chi connectivity index (χ3v) is 8.02. The lowest BCUT2D eigenvalue weighted by Crippen LogP contribution is -2.35. The Bertz CT molecular complexity index is 1280. The van der Waals surface area contributed by atoms with Crippen LogP contribution in [0.3, 0.4) is 0 Å². The average Bonchev–Trinajstić information content (AvgIpc) is 3.39. The van der Waals surface area contributed by atoms with Crippen molar-refractivity contribution in [2.75, 3.05) is 25.0 Å². The molecule has 0 saturated heterocycles. The van der Waals surface area contributed by atoms with E-state index in [-0.39, 0.29) is 16.7 Å². The van der Waals surface area contributed by atoms with E-state index in [1.165, 1.54) is 34.8 Å². The molecular weight excluding hydrogens is 454 g/mol.